The van der Waals surface area contributed by atoms with Gasteiger partial charge in [-0.05, 0) is 59.1 Å². The number of benzene rings is 1. The van der Waals surface area contributed by atoms with Gasteiger partial charge in [-0.25, -0.2) is 4.99 Å². The molecule has 1 saturated carbocycles. The number of aliphatic imine (C=N–C) groups is 1. The zero-order valence-corrected chi connectivity index (χ0v) is 24.9. The zero-order valence-electron chi connectivity index (χ0n) is 24.1. The van der Waals surface area contributed by atoms with E-state index in [2.05, 4.69) is 27.9 Å². The van der Waals surface area contributed by atoms with E-state index in [1.165, 1.54) is 4.90 Å². The molecule has 1 unspecified atom stereocenters. The molecule has 0 bridgehead atoms. The fraction of sp³-hybridized carbons (Fsp3) is 0.621. The maximum atomic E-state index is 12.9. The number of rotatable bonds is 5. The topological polar surface area (TPSA) is 106 Å². The predicted octanol–water partition coefficient (Wildman–Crippen LogP) is 4.95. The molecule has 1 aromatic carbocycles. The number of terminal acetylenes is 1. The summed E-state index contributed by atoms with van der Waals surface area (Å²) in [5, 5.41) is 3.79. The molecule has 38 heavy (non-hydrogen) atoms. The van der Waals surface area contributed by atoms with E-state index in [0.717, 1.165) is 18.6 Å². The van der Waals surface area contributed by atoms with E-state index in [-0.39, 0.29) is 35.7 Å². The van der Waals surface area contributed by atoms with Crippen LogP contribution in [0.3, 0.4) is 0 Å². The molecule has 4 rings (SSSR count). The number of carbonyl (C=O) groups excluding carboxylic acids is 2. The Labute approximate surface area is 233 Å². The van der Waals surface area contributed by atoms with E-state index in [1.54, 1.807) is 13.2 Å². The van der Waals surface area contributed by atoms with Crippen molar-refractivity contribution in [2.24, 2.45) is 22.6 Å². The fourth-order valence-corrected chi connectivity index (χ4v) is 4.60. The normalized spacial score (nSPS) is 23.8. The van der Waals surface area contributed by atoms with Crippen LogP contribution in [0.15, 0.2) is 23.2 Å². The summed E-state index contributed by atoms with van der Waals surface area (Å²) in [5.41, 5.74) is 6.08. The Morgan fingerprint density at radius 3 is 2.45 bits per heavy atom. The first-order chi connectivity index (χ1) is 17.9. The van der Waals surface area contributed by atoms with Crippen LogP contribution < -0.4 is 15.8 Å². The van der Waals surface area contributed by atoms with Crippen LogP contribution >= 0.6 is 11.6 Å². The lowest BCUT2D eigenvalue weighted by Gasteiger charge is -2.38. The van der Waals surface area contributed by atoms with Gasteiger partial charge in [0.05, 0.1) is 18.0 Å². The number of hydrogen-bond acceptors (Lipinski definition) is 6. The summed E-state index contributed by atoms with van der Waals surface area (Å²) in [6.07, 6.45) is 9.74. The van der Waals surface area contributed by atoms with E-state index in [9.17, 15) is 9.59 Å². The standard InChI is InChI=1S/C22H29ClN4O3.C3H8O.C2H6.C2H2/c1-21(2)10-18(28)27(20(24)26-21)11-12-7-15(12)19(29)25-16-9-22(3,4)30-17-8-13(23)5-6-14(16)17;1-3-4-2;2*1-2/h5-6,8,12,15-16H,7,9-11H2,1-4H3,(H2,24,26)(H,25,29);3H2,1-2H3;1-2H3;1-2H/t12-,15?,16+;;;/m1.../s1. The highest BCUT2D eigenvalue weighted by Crippen LogP contribution is 2.43. The summed E-state index contributed by atoms with van der Waals surface area (Å²) in [6, 6.07) is 5.38. The first-order valence-corrected chi connectivity index (χ1v) is 13.5. The van der Waals surface area contributed by atoms with Crippen molar-refractivity contribution in [1.29, 1.82) is 0 Å². The number of fused-ring (bicyclic) bond motifs is 1. The van der Waals surface area contributed by atoms with E-state index < -0.39 is 11.1 Å². The SMILES string of the molecule is C#C.CC.CC1(C)CC(=O)N(C[C@H]2CC2C(=O)N[C@H]2CC(C)(C)Oc3cc(Cl)ccc32)C(N)=N1.CCOC. The molecule has 1 aromatic rings. The molecule has 3 N–H and O–H groups in total. The second-order valence-electron chi connectivity index (χ2n) is 10.5. The molecule has 2 aliphatic heterocycles. The quantitative estimate of drug-likeness (QED) is 0.506. The number of guanidine groups is 1. The highest BCUT2D eigenvalue weighted by atomic mass is 35.5. The Bertz CT molecular complexity index is 1000. The van der Waals surface area contributed by atoms with Gasteiger partial charge in [0.15, 0.2) is 5.96 Å². The Morgan fingerprint density at radius 1 is 1.29 bits per heavy atom. The molecule has 0 aromatic heterocycles. The summed E-state index contributed by atoms with van der Waals surface area (Å²) in [6.45, 7) is 15.0. The average Bonchev–Trinajstić information content (AvgIpc) is 3.62. The minimum Gasteiger partial charge on any atom is -0.487 e. The smallest absolute Gasteiger partial charge is 0.231 e. The van der Waals surface area contributed by atoms with E-state index in [1.807, 2.05) is 60.6 Å². The van der Waals surface area contributed by atoms with Gasteiger partial charge in [-0.3, -0.25) is 14.5 Å². The lowest BCUT2D eigenvalue weighted by Crippen LogP contribution is -2.50. The molecule has 9 heteroatoms. The molecule has 1 aliphatic carbocycles. The van der Waals surface area contributed by atoms with Crippen molar-refractivity contribution in [1.82, 2.24) is 10.2 Å². The number of halogens is 1. The van der Waals surface area contributed by atoms with Gasteiger partial charge in [0.25, 0.3) is 0 Å². The van der Waals surface area contributed by atoms with Crippen LogP contribution in [0.1, 0.15) is 79.3 Å². The van der Waals surface area contributed by atoms with Crippen molar-refractivity contribution >= 4 is 29.4 Å². The fourth-order valence-electron chi connectivity index (χ4n) is 4.44. The van der Waals surface area contributed by atoms with Gasteiger partial charge in [0.2, 0.25) is 11.8 Å². The van der Waals surface area contributed by atoms with Crippen LogP contribution in [0.4, 0.5) is 0 Å². The second-order valence-corrected chi connectivity index (χ2v) is 10.9. The highest BCUT2D eigenvalue weighted by molar-refractivity contribution is 6.30. The maximum absolute atomic E-state index is 12.9. The van der Waals surface area contributed by atoms with E-state index in [0.29, 0.717) is 30.2 Å². The van der Waals surface area contributed by atoms with Crippen molar-refractivity contribution in [2.45, 2.75) is 84.9 Å². The van der Waals surface area contributed by atoms with Crippen molar-refractivity contribution < 1.29 is 19.1 Å². The number of nitrogens with zero attached hydrogens (tertiary/aromatic N) is 2. The lowest BCUT2D eigenvalue weighted by molar-refractivity contribution is -0.130. The minimum atomic E-state index is -0.468. The van der Waals surface area contributed by atoms with Gasteiger partial charge < -0.3 is 20.5 Å². The number of carbonyl (C=O) groups is 2. The molecular formula is C29H45ClN4O4. The molecule has 0 spiro atoms. The van der Waals surface area contributed by atoms with Gasteiger partial charge in [-0.15, -0.1) is 12.8 Å². The highest BCUT2D eigenvalue weighted by Gasteiger charge is 2.47. The third-order valence-corrected chi connectivity index (χ3v) is 6.53. The van der Waals surface area contributed by atoms with Crippen LogP contribution in [0, 0.1) is 24.7 Å². The zero-order chi connectivity index (χ0) is 29.3. The molecule has 2 heterocycles. The van der Waals surface area contributed by atoms with Crippen LogP contribution in [0.2, 0.25) is 5.02 Å². The molecule has 8 nitrogen and oxygen atoms in total. The van der Waals surface area contributed by atoms with Gasteiger partial charge >= 0.3 is 0 Å². The van der Waals surface area contributed by atoms with E-state index in [4.69, 9.17) is 22.1 Å². The summed E-state index contributed by atoms with van der Waals surface area (Å²) in [5.74, 6) is 0.907. The second kappa shape index (κ2) is 14.4. The van der Waals surface area contributed by atoms with Crippen molar-refractivity contribution in [2.75, 3.05) is 20.3 Å². The van der Waals surface area contributed by atoms with Gasteiger partial charge in [0, 0.05) is 43.2 Å². The lowest BCUT2D eigenvalue weighted by atomic mass is 9.89. The maximum Gasteiger partial charge on any atom is 0.231 e. The number of amides is 2. The Morgan fingerprint density at radius 2 is 1.89 bits per heavy atom. The largest absolute Gasteiger partial charge is 0.487 e. The van der Waals surface area contributed by atoms with Crippen LogP contribution in [-0.2, 0) is 14.3 Å². The average molecular weight is 549 g/mol. The third kappa shape index (κ3) is 9.21. The van der Waals surface area contributed by atoms with E-state index >= 15 is 0 Å². The Kier molecular flexibility index (Phi) is 12.6. The van der Waals surface area contributed by atoms with Gasteiger partial charge in [-0.1, -0.05) is 31.5 Å². The van der Waals surface area contributed by atoms with Crippen LogP contribution in [0.25, 0.3) is 0 Å². The summed E-state index contributed by atoms with van der Waals surface area (Å²) >= 11 is 6.12. The number of hydrogen-bond donors (Lipinski definition) is 2. The van der Waals surface area contributed by atoms with Crippen LogP contribution in [0.5, 0.6) is 5.75 Å². The third-order valence-electron chi connectivity index (χ3n) is 6.29. The summed E-state index contributed by atoms with van der Waals surface area (Å²) in [4.78, 5) is 31.3. The Hall–Kier alpha value is -2.76. The molecule has 0 radical (unpaired) electrons. The van der Waals surface area contributed by atoms with Crippen LogP contribution in [-0.4, -0.2) is 54.1 Å². The molecule has 3 aliphatic rings. The summed E-state index contributed by atoms with van der Waals surface area (Å²) in [7, 11) is 1.68. The number of nitrogens with one attached hydrogen (secondary N) is 1. The van der Waals surface area contributed by atoms with Crippen molar-refractivity contribution in [3.63, 3.8) is 0 Å². The minimum absolute atomic E-state index is 0.00361. The Balaban J connectivity index is 0.000000811. The predicted molar refractivity (Wildman–Crippen MR) is 154 cm³/mol. The van der Waals surface area contributed by atoms with Gasteiger partial charge in [-0.2, -0.15) is 0 Å². The number of nitrogens with two attached hydrogens (primary N) is 1. The molecule has 0 saturated heterocycles. The summed E-state index contributed by atoms with van der Waals surface area (Å²) < 4.78 is 10.6. The number of methoxy groups -OCH3 is 1. The van der Waals surface area contributed by atoms with Crippen molar-refractivity contribution in [3.05, 3.63) is 28.8 Å². The number of ether oxygens (including phenoxy) is 2. The van der Waals surface area contributed by atoms with Gasteiger partial charge in [0.1, 0.15) is 11.4 Å². The molecule has 1 fully saturated rings. The molecular weight excluding hydrogens is 504 g/mol. The molecule has 212 valence electrons. The first kappa shape index (κ1) is 33.3. The molecule has 2 amide bonds. The molecule has 3 atom stereocenters. The van der Waals surface area contributed by atoms with Crippen molar-refractivity contribution in [3.8, 4) is 18.6 Å². The first-order valence-electron chi connectivity index (χ1n) is 13.1. The monoisotopic (exact) mass is 548 g/mol.